The van der Waals surface area contributed by atoms with Crippen molar-refractivity contribution in [1.29, 1.82) is 0 Å². The average Bonchev–Trinajstić information content (AvgIpc) is 1.98. The fourth-order valence-corrected chi connectivity index (χ4v) is 0.947. The average molecular weight is 205 g/mol. The van der Waals surface area contributed by atoms with Crippen LogP contribution in [0.15, 0.2) is 23.6 Å². The van der Waals surface area contributed by atoms with E-state index in [1.807, 2.05) is 13.8 Å². The van der Waals surface area contributed by atoms with E-state index in [1.54, 1.807) is 6.92 Å². The summed E-state index contributed by atoms with van der Waals surface area (Å²) in [6.45, 7) is 5.29. The summed E-state index contributed by atoms with van der Waals surface area (Å²) in [6.07, 6.45) is 2.99. The second-order valence-electron chi connectivity index (χ2n) is 2.96. The number of hydrogen-bond acceptors (Lipinski definition) is 3. The van der Waals surface area contributed by atoms with Gasteiger partial charge in [-0.15, -0.1) is 0 Å². The van der Waals surface area contributed by atoms with E-state index in [4.69, 9.17) is 0 Å². The van der Waals surface area contributed by atoms with Crippen LogP contribution in [0.3, 0.4) is 0 Å². The monoisotopic (exact) mass is 205 g/mol. The van der Waals surface area contributed by atoms with Crippen LogP contribution < -0.4 is 4.72 Å². The molecule has 0 aliphatic carbocycles. The van der Waals surface area contributed by atoms with Crippen LogP contribution in [-0.4, -0.2) is 13.5 Å². The summed E-state index contributed by atoms with van der Waals surface area (Å²) in [5.74, 6) is 0.271. The summed E-state index contributed by atoms with van der Waals surface area (Å²) in [5.41, 5.74) is 0.475. The Morgan fingerprint density at radius 1 is 1.38 bits per heavy atom. The van der Waals surface area contributed by atoms with E-state index in [9.17, 15) is 13.5 Å². The molecule has 76 valence electrons. The molecule has 0 unspecified atom stereocenters. The molecule has 4 nitrogen and oxygen atoms in total. The molecular formula is C8H15NO3S. The molecule has 0 spiro atoms. The van der Waals surface area contributed by atoms with Crippen LogP contribution in [0.25, 0.3) is 0 Å². The molecule has 0 saturated carbocycles. The smallest absolute Gasteiger partial charge is 0.222 e. The SMILES string of the molecule is C/C(=C\C=C(\O)C(C)C)N[SH](=O)=O. The van der Waals surface area contributed by atoms with Crippen LogP contribution >= 0.6 is 0 Å². The second kappa shape index (κ2) is 5.64. The largest absolute Gasteiger partial charge is 0.512 e. The molecule has 0 bridgehead atoms. The molecule has 2 N–H and O–H groups in total. The van der Waals surface area contributed by atoms with Crippen molar-refractivity contribution in [1.82, 2.24) is 4.72 Å². The van der Waals surface area contributed by atoms with E-state index in [1.165, 1.54) is 12.2 Å². The predicted molar refractivity (Wildman–Crippen MR) is 52.8 cm³/mol. The summed E-state index contributed by atoms with van der Waals surface area (Å²) >= 11 is 0. The zero-order valence-electron chi connectivity index (χ0n) is 7.94. The topological polar surface area (TPSA) is 66.4 Å². The van der Waals surface area contributed by atoms with Crippen molar-refractivity contribution in [2.75, 3.05) is 0 Å². The van der Waals surface area contributed by atoms with Crippen molar-refractivity contribution in [3.63, 3.8) is 0 Å². The van der Waals surface area contributed by atoms with E-state index in [-0.39, 0.29) is 11.7 Å². The van der Waals surface area contributed by atoms with Crippen LogP contribution in [0.1, 0.15) is 20.8 Å². The predicted octanol–water partition coefficient (Wildman–Crippen LogP) is 1.10. The van der Waals surface area contributed by atoms with Gasteiger partial charge in [0.1, 0.15) is 0 Å². The van der Waals surface area contributed by atoms with Gasteiger partial charge in [0.05, 0.1) is 5.76 Å². The summed E-state index contributed by atoms with van der Waals surface area (Å²) < 4.78 is 22.6. The van der Waals surface area contributed by atoms with Gasteiger partial charge in [0.25, 0.3) is 0 Å². The number of hydrogen-bond donors (Lipinski definition) is 3. The lowest BCUT2D eigenvalue weighted by Crippen LogP contribution is -2.07. The zero-order chi connectivity index (χ0) is 10.4. The lowest BCUT2D eigenvalue weighted by molar-refractivity contribution is 0.352. The van der Waals surface area contributed by atoms with Gasteiger partial charge in [-0.25, -0.2) is 8.42 Å². The van der Waals surface area contributed by atoms with Gasteiger partial charge in [-0.1, -0.05) is 13.8 Å². The summed E-state index contributed by atoms with van der Waals surface area (Å²) in [4.78, 5) is 0. The molecule has 0 radical (unpaired) electrons. The van der Waals surface area contributed by atoms with E-state index in [2.05, 4.69) is 4.72 Å². The fraction of sp³-hybridized carbons (Fsp3) is 0.500. The maximum absolute atomic E-state index is 10.2. The van der Waals surface area contributed by atoms with Gasteiger partial charge < -0.3 is 5.11 Å². The Kier molecular flexibility index (Phi) is 5.22. The number of aliphatic hydroxyl groups is 1. The summed E-state index contributed by atoms with van der Waals surface area (Å²) in [7, 11) is -2.62. The minimum Gasteiger partial charge on any atom is -0.512 e. The number of aliphatic hydroxyl groups excluding tert-OH is 1. The molecule has 0 aromatic carbocycles. The van der Waals surface area contributed by atoms with Crippen molar-refractivity contribution in [2.45, 2.75) is 20.8 Å². The number of allylic oxidation sites excluding steroid dienone is 4. The minimum absolute atomic E-state index is 0.0464. The Labute approximate surface area is 80.1 Å². The Hall–Kier alpha value is -0.970. The molecule has 0 amide bonds. The molecule has 0 atom stereocenters. The van der Waals surface area contributed by atoms with Crippen LogP contribution in [0, 0.1) is 5.92 Å². The van der Waals surface area contributed by atoms with E-state index in [0.29, 0.717) is 5.70 Å². The van der Waals surface area contributed by atoms with Crippen molar-refractivity contribution in [3.05, 3.63) is 23.6 Å². The van der Waals surface area contributed by atoms with Crippen molar-refractivity contribution < 1.29 is 13.5 Å². The first-order valence-electron chi connectivity index (χ1n) is 3.92. The molecule has 5 heteroatoms. The lowest BCUT2D eigenvalue weighted by Gasteiger charge is -2.01. The quantitative estimate of drug-likeness (QED) is 0.366. The first-order chi connectivity index (χ1) is 5.93. The van der Waals surface area contributed by atoms with Gasteiger partial charge in [0, 0.05) is 11.6 Å². The van der Waals surface area contributed by atoms with Gasteiger partial charge >= 0.3 is 0 Å². The Morgan fingerprint density at radius 2 is 1.92 bits per heavy atom. The highest BCUT2D eigenvalue weighted by Crippen LogP contribution is 2.05. The van der Waals surface area contributed by atoms with Gasteiger partial charge in [-0.3, -0.25) is 4.72 Å². The van der Waals surface area contributed by atoms with E-state index >= 15 is 0 Å². The zero-order valence-corrected chi connectivity index (χ0v) is 8.84. The number of thiol groups is 1. The van der Waals surface area contributed by atoms with Crippen molar-refractivity contribution >= 4 is 10.9 Å². The van der Waals surface area contributed by atoms with Gasteiger partial charge in [0.2, 0.25) is 10.9 Å². The molecule has 13 heavy (non-hydrogen) atoms. The van der Waals surface area contributed by atoms with Gasteiger partial charge in [-0.2, -0.15) is 0 Å². The van der Waals surface area contributed by atoms with Crippen LogP contribution in [0.2, 0.25) is 0 Å². The first-order valence-corrected chi connectivity index (χ1v) is 5.09. The van der Waals surface area contributed by atoms with E-state index in [0.717, 1.165) is 0 Å². The highest BCUT2D eigenvalue weighted by molar-refractivity contribution is 7.70. The third-order valence-electron chi connectivity index (χ3n) is 1.36. The van der Waals surface area contributed by atoms with Gasteiger partial charge in [0.15, 0.2) is 0 Å². The summed E-state index contributed by atoms with van der Waals surface area (Å²) in [6, 6.07) is 0. The van der Waals surface area contributed by atoms with Gasteiger partial charge in [-0.05, 0) is 19.1 Å². The molecule has 0 aromatic rings. The number of nitrogens with one attached hydrogen (secondary N) is 1. The molecule has 0 heterocycles. The normalized spacial score (nSPS) is 13.9. The standard InChI is InChI=1S/C8H15NO3S/c1-6(2)8(10)5-4-7(3)9-13(11)12/h4-6,10,13H,1-3H3,(H,9,11,12)/b7-4+,8-5+. The molecule has 0 fully saturated rings. The van der Waals surface area contributed by atoms with Crippen LogP contribution in [-0.2, 0) is 10.9 Å². The van der Waals surface area contributed by atoms with E-state index < -0.39 is 10.9 Å². The molecule has 0 aliphatic rings. The Bertz CT molecular complexity index is 282. The highest BCUT2D eigenvalue weighted by Gasteiger charge is 1.96. The fourth-order valence-electron chi connectivity index (χ4n) is 0.584. The molecule has 0 rings (SSSR count). The lowest BCUT2D eigenvalue weighted by atomic mass is 10.1. The van der Waals surface area contributed by atoms with Crippen LogP contribution in [0.5, 0.6) is 0 Å². The highest BCUT2D eigenvalue weighted by atomic mass is 32.2. The molecule has 0 aromatic heterocycles. The first kappa shape index (κ1) is 12.0. The van der Waals surface area contributed by atoms with Crippen molar-refractivity contribution in [2.24, 2.45) is 5.92 Å². The summed E-state index contributed by atoms with van der Waals surface area (Å²) in [5, 5.41) is 9.25. The van der Waals surface area contributed by atoms with Crippen LogP contribution in [0.4, 0.5) is 0 Å². The maximum Gasteiger partial charge on any atom is 0.222 e. The molecular weight excluding hydrogens is 190 g/mol. The third-order valence-corrected chi connectivity index (χ3v) is 1.90. The molecule has 0 aliphatic heterocycles. The third kappa shape index (κ3) is 6.21. The van der Waals surface area contributed by atoms with Crippen molar-refractivity contribution in [3.8, 4) is 0 Å². The Morgan fingerprint density at radius 3 is 2.31 bits per heavy atom. The minimum atomic E-state index is -2.62. The second-order valence-corrected chi connectivity index (χ2v) is 3.70. The number of rotatable bonds is 4. The Balaban J connectivity index is 4.32. The maximum atomic E-state index is 10.2. The molecule has 0 saturated heterocycles.